The first-order valence-electron chi connectivity index (χ1n) is 7.96. The van der Waals surface area contributed by atoms with E-state index < -0.39 is 17.6 Å². The van der Waals surface area contributed by atoms with Gasteiger partial charge in [-0.25, -0.2) is 5.43 Å². The van der Waals surface area contributed by atoms with Crippen molar-refractivity contribution in [2.24, 2.45) is 5.10 Å². The van der Waals surface area contributed by atoms with Gasteiger partial charge >= 0.3 is 6.18 Å². The van der Waals surface area contributed by atoms with Crippen molar-refractivity contribution in [1.29, 1.82) is 0 Å². The summed E-state index contributed by atoms with van der Waals surface area (Å²) in [7, 11) is 0. The van der Waals surface area contributed by atoms with E-state index in [2.05, 4.69) is 20.7 Å². The van der Waals surface area contributed by atoms with Crippen molar-refractivity contribution >= 4 is 12.1 Å². The number of aromatic nitrogens is 2. The molecule has 8 heteroatoms. The van der Waals surface area contributed by atoms with E-state index in [9.17, 15) is 18.0 Å². The topological polar surface area (TPSA) is 70.1 Å². The average Bonchev–Trinajstić information content (AvgIpc) is 3.12. The highest BCUT2D eigenvalue weighted by Crippen LogP contribution is 2.28. The maximum Gasteiger partial charge on any atom is 0.416 e. The molecule has 0 aliphatic carbocycles. The predicted octanol–water partition coefficient (Wildman–Crippen LogP) is 4.17. The summed E-state index contributed by atoms with van der Waals surface area (Å²) in [5, 5.41) is 10.5. The van der Waals surface area contributed by atoms with Gasteiger partial charge < -0.3 is 0 Å². The zero-order chi connectivity index (χ0) is 19.4. The minimum absolute atomic E-state index is 0.218. The lowest BCUT2D eigenvalue weighted by atomic mass is 10.1. The summed E-state index contributed by atoms with van der Waals surface area (Å²) < 4.78 is 37.5. The van der Waals surface area contributed by atoms with Gasteiger partial charge in [-0.1, -0.05) is 42.0 Å². The molecule has 3 aromatic rings. The van der Waals surface area contributed by atoms with E-state index in [0.717, 1.165) is 23.3 Å². The summed E-state index contributed by atoms with van der Waals surface area (Å²) in [6, 6.07) is 13.7. The van der Waals surface area contributed by atoms with E-state index in [0.29, 0.717) is 11.3 Å². The van der Waals surface area contributed by atoms with E-state index >= 15 is 0 Å². The Hall–Kier alpha value is -3.42. The number of hydrazone groups is 1. The Bertz CT molecular complexity index is 958. The summed E-state index contributed by atoms with van der Waals surface area (Å²) in [6.45, 7) is 1.97. The van der Waals surface area contributed by atoms with Gasteiger partial charge in [0.05, 0.1) is 17.5 Å². The SMILES string of the molecule is Cc1ccc(-c2cc(C(=O)N/N=C/c3ccc(C(F)(F)F)cc3)[nH]n2)cc1. The van der Waals surface area contributed by atoms with Gasteiger partial charge in [-0.15, -0.1) is 0 Å². The largest absolute Gasteiger partial charge is 0.416 e. The van der Waals surface area contributed by atoms with Crippen LogP contribution < -0.4 is 5.43 Å². The summed E-state index contributed by atoms with van der Waals surface area (Å²) >= 11 is 0. The molecule has 1 heterocycles. The van der Waals surface area contributed by atoms with Crippen LogP contribution in [0.4, 0.5) is 13.2 Å². The van der Waals surface area contributed by atoms with E-state index in [1.54, 1.807) is 6.07 Å². The van der Waals surface area contributed by atoms with Crippen LogP contribution in [0.25, 0.3) is 11.3 Å². The number of carbonyl (C=O) groups is 1. The second kappa shape index (κ2) is 7.45. The lowest BCUT2D eigenvalue weighted by Crippen LogP contribution is -2.18. The van der Waals surface area contributed by atoms with Gasteiger partial charge in [-0.3, -0.25) is 9.89 Å². The van der Waals surface area contributed by atoms with E-state index in [4.69, 9.17) is 0 Å². The Balaban J connectivity index is 1.62. The minimum Gasteiger partial charge on any atom is -0.272 e. The van der Waals surface area contributed by atoms with E-state index in [1.165, 1.54) is 18.3 Å². The molecule has 0 fully saturated rings. The molecule has 0 unspecified atom stereocenters. The van der Waals surface area contributed by atoms with E-state index in [1.807, 2.05) is 31.2 Å². The van der Waals surface area contributed by atoms with Crippen LogP contribution in [-0.4, -0.2) is 22.3 Å². The first-order valence-corrected chi connectivity index (χ1v) is 7.96. The predicted molar refractivity (Wildman–Crippen MR) is 95.3 cm³/mol. The van der Waals surface area contributed by atoms with Crippen LogP contribution in [-0.2, 0) is 6.18 Å². The van der Waals surface area contributed by atoms with E-state index in [-0.39, 0.29) is 5.69 Å². The van der Waals surface area contributed by atoms with Crippen molar-refractivity contribution in [3.05, 3.63) is 77.0 Å². The Kier molecular flexibility index (Phi) is 5.07. The number of carbonyl (C=O) groups excluding carboxylic acids is 1. The fraction of sp³-hybridized carbons (Fsp3) is 0.105. The molecule has 0 aliphatic rings. The molecule has 3 rings (SSSR count). The molecular weight excluding hydrogens is 357 g/mol. The fourth-order valence-electron chi connectivity index (χ4n) is 2.29. The average molecular weight is 372 g/mol. The van der Waals surface area contributed by atoms with Crippen molar-refractivity contribution in [2.45, 2.75) is 13.1 Å². The highest BCUT2D eigenvalue weighted by Gasteiger charge is 2.29. The monoisotopic (exact) mass is 372 g/mol. The van der Waals surface area contributed by atoms with Crippen LogP contribution in [0.3, 0.4) is 0 Å². The number of alkyl halides is 3. The molecule has 138 valence electrons. The number of H-pyrrole nitrogens is 1. The molecule has 0 saturated heterocycles. The van der Waals surface area contributed by atoms with Crippen LogP contribution in [0, 0.1) is 6.92 Å². The minimum atomic E-state index is -4.39. The molecule has 0 radical (unpaired) electrons. The van der Waals surface area contributed by atoms with Crippen molar-refractivity contribution in [3.63, 3.8) is 0 Å². The molecule has 0 spiro atoms. The van der Waals surface area contributed by atoms with Gasteiger partial charge in [-0.05, 0) is 30.7 Å². The third-order valence-electron chi connectivity index (χ3n) is 3.79. The van der Waals surface area contributed by atoms with Crippen LogP contribution in [0.5, 0.6) is 0 Å². The first kappa shape index (κ1) is 18.4. The summed E-state index contributed by atoms with van der Waals surface area (Å²) in [5.74, 6) is -0.510. The number of hydrogen-bond acceptors (Lipinski definition) is 3. The Labute approximate surface area is 152 Å². The molecule has 1 aromatic heterocycles. The second-order valence-electron chi connectivity index (χ2n) is 5.85. The number of hydrogen-bond donors (Lipinski definition) is 2. The third-order valence-corrected chi connectivity index (χ3v) is 3.79. The normalized spacial score (nSPS) is 11.7. The molecule has 2 N–H and O–H groups in total. The smallest absolute Gasteiger partial charge is 0.272 e. The maximum atomic E-state index is 12.5. The Morgan fingerprint density at radius 3 is 2.41 bits per heavy atom. The summed E-state index contributed by atoms with van der Waals surface area (Å²) in [4.78, 5) is 12.1. The van der Waals surface area contributed by atoms with Crippen LogP contribution >= 0.6 is 0 Å². The van der Waals surface area contributed by atoms with Crippen LogP contribution in [0.2, 0.25) is 0 Å². The highest BCUT2D eigenvalue weighted by atomic mass is 19.4. The Morgan fingerprint density at radius 1 is 1.11 bits per heavy atom. The molecule has 0 atom stereocenters. The maximum absolute atomic E-state index is 12.5. The fourth-order valence-corrected chi connectivity index (χ4v) is 2.29. The number of benzene rings is 2. The number of nitrogens with one attached hydrogen (secondary N) is 2. The molecule has 2 aromatic carbocycles. The lowest BCUT2D eigenvalue weighted by molar-refractivity contribution is -0.137. The number of nitrogens with zero attached hydrogens (tertiary/aromatic N) is 2. The summed E-state index contributed by atoms with van der Waals surface area (Å²) in [5.41, 5.74) is 4.80. The number of rotatable bonds is 4. The number of halogens is 3. The number of amides is 1. The second-order valence-corrected chi connectivity index (χ2v) is 5.85. The number of aryl methyl sites for hydroxylation is 1. The quantitative estimate of drug-likeness (QED) is 0.533. The summed E-state index contributed by atoms with van der Waals surface area (Å²) in [6.07, 6.45) is -3.13. The van der Waals surface area contributed by atoms with Gasteiger partial charge in [0.2, 0.25) is 0 Å². The van der Waals surface area contributed by atoms with Gasteiger partial charge in [0.25, 0.3) is 5.91 Å². The molecule has 0 aliphatic heterocycles. The van der Waals surface area contributed by atoms with Gasteiger partial charge in [0.15, 0.2) is 0 Å². The van der Waals surface area contributed by atoms with Crippen LogP contribution in [0.15, 0.2) is 59.7 Å². The van der Waals surface area contributed by atoms with Crippen molar-refractivity contribution in [2.75, 3.05) is 0 Å². The van der Waals surface area contributed by atoms with Crippen molar-refractivity contribution in [1.82, 2.24) is 15.6 Å². The molecular formula is C19H15F3N4O. The van der Waals surface area contributed by atoms with Crippen molar-refractivity contribution in [3.8, 4) is 11.3 Å². The van der Waals surface area contributed by atoms with Crippen LogP contribution in [0.1, 0.15) is 27.2 Å². The standard InChI is InChI=1S/C19H15F3N4O/c1-12-2-6-14(7-3-12)16-10-17(25-24-16)18(27)26-23-11-13-4-8-15(9-5-13)19(20,21)22/h2-11H,1H3,(H,24,25)(H,26,27)/b23-11+. The molecule has 0 saturated carbocycles. The zero-order valence-corrected chi connectivity index (χ0v) is 14.2. The highest BCUT2D eigenvalue weighted by molar-refractivity contribution is 5.94. The van der Waals surface area contributed by atoms with Gasteiger partial charge in [0.1, 0.15) is 5.69 Å². The molecule has 5 nitrogen and oxygen atoms in total. The molecule has 27 heavy (non-hydrogen) atoms. The van der Waals surface area contributed by atoms with Crippen molar-refractivity contribution < 1.29 is 18.0 Å². The molecule has 1 amide bonds. The first-order chi connectivity index (χ1) is 12.8. The zero-order valence-electron chi connectivity index (χ0n) is 14.2. The Morgan fingerprint density at radius 2 is 1.78 bits per heavy atom. The van der Waals surface area contributed by atoms with Gasteiger partial charge in [-0.2, -0.15) is 23.4 Å². The number of aromatic amines is 1. The van der Waals surface area contributed by atoms with Gasteiger partial charge in [0, 0.05) is 5.56 Å². The lowest BCUT2D eigenvalue weighted by Gasteiger charge is -2.05. The molecule has 0 bridgehead atoms. The third kappa shape index (κ3) is 4.60.